The Labute approximate surface area is 177 Å². The third kappa shape index (κ3) is 4.24. The number of anilines is 2. The van der Waals surface area contributed by atoms with E-state index in [1.165, 1.54) is 33.5 Å². The zero-order valence-corrected chi connectivity index (χ0v) is 18.2. The molecule has 2 aromatic heterocycles. The molecule has 1 aromatic carbocycles. The van der Waals surface area contributed by atoms with Gasteiger partial charge in [-0.3, -0.25) is 4.79 Å². The number of rotatable bonds is 7. The molecular weight excluding hydrogens is 408 g/mol. The van der Waals surface area contributed by atoms with Gasteiger partial charge in [-0.1, -0.05) is 47.4 Å². The predicted molar refractivity (Wildman–Crippen MR) is 119 cm³/mol. The molecular formula is C20H22N4OS3. The number of amides is 1. The molecule has 2 atom stereocenters. The molecule has 28 heavy (non-hydrogen) atoms. The van der Waals surface area contributed by atoms with Crippen LogP contribution in [0.1, 0.15) is 24.3 Å². The number of thioether (sulfide) groups is 1. The summed E-state index contributed by atoms with van der Waals surface area (Å²) in [5.41, 5.74) is 2.29. The molecule has 1 aliphatic heterocycles. The third-order valence-electron chi connectivity index (χ3n) is 4.70. The molecule has 4 rings (SSSR count). The van der Waals surface area contributed by atoms with Gasteiger partial charge in [-0.25, -0.2) is 0 Å². The first-order valence-electron chi connectivity index (χ1n) is 9.29. The predicted octanol–water partition coefficient (Wildman–Crippen LogP) is 4.71. The minimum Gasteiger partial charge on any atom is -0.360 e. The normalized spacial score (nSPS) is 16.8. The minimum atomic E-state index is -0.208. The van der Waals surface area contributed by atoms with Gasteiger partial charge in [-0.15, -0.1) is 21.5 Å². The van der Waals surface area contributed by atoms with E-state index in [9.17, 15) is 4.79 Å². The van der Waals surface area contributed by atoms with Crippen molar-refractivity contribution >= 4 is 51.2 Å². The van der Waals surface area contributed by atoms with Gasteiger partial charge in [0.15, 0.2) is 4.34 Å². The van der Waals surface area contributed by atoms with E-state index >= 15 is 0 Å². The Bertz CT molecular complexity index is 941. The lowest BCUT2D eigenvalue weighted by molar-refractivity contribution is -0.118. The highest BCUT2D eigenvalue weighted by atomic mass is 32.2. The summed E-state index contributed by atoms with van der Waals surface area (Å²) in [6.45, 7) is 4.89. The summed E-state index contributed by atoms with van der Waals surface area (Å²) in [6.07, 6.45) is 1.89. The van der Waals surface area contributed by atoms with Gasteiger partial charge in [0.1, 0.15) is 0 Å². The lowest BCUT2D eigenvalue weighted by atomic mass is 10.1. The van der Waals surface area contributed by atoms with Gasteiger partial charge in [0.05, 0.1) is 5.25 Å². The summed E-state index contributed by atoms with van der Waals surface area (Å²) in [5, 5.41) is 14.5. The smallest absolute Gasteiger partial charge is 0.240 e. The van der Waals surface area contributed by atoms with Crippen molar-refractivity contribution in [3.05, 3.63) is 52.2 Å². The molecule has 2 unspecified atom stereocenters. The van der Waals surface area contributed by atoms with E-state index in [0.717, 1.165) is 34.5 Å². The van der Waals surface area contributed by atoms with Crippen molar-refractivity contribution < 1.29 is 4.79 Å². The van der Waals surface area contributed by atoms with E-state index in [4.69, 9.17) is 0 Å². The number of carbonyl (C=O) groups excluding carboxylic acids is 1. The maximum absolute atomic E-state index is 13.1. The summed E-state index contributed by atoms with van der Waals surface area (Å²) in [6, 6.07) is 12.6. The number of nitrogens with one attached hydrogen (secondary N) is 1. The van der Waals surface area contributed by atoms with Crippen molar-refractivity contribution in [3.63, 3.8) is 0 Å². The number of carbonyl (C=O) groups is 1. The summed E-state index contributed by atoms with van der Waals surface area (Å²) < 4.78 is 0.819. The topological polar surface area (TPSA) is 58.1 Å². The fourth-order valence-corrected chi connectivity index (χ4v) is 6.05. The number of hydrogen-bond donors (Lipinski definition) is 1. The summed E-state index contributed by atoms with van der Waals surface area (Å²) >= 11 is 4.75. The van der Waals surface area contributed by atoms with Crippen LogP contribution in [0.3, 0.4) is 0 Å². The molecule has 0 spiro atoms. The van der Waals surface area contributed by atoms with Crippen LogP contribution in [0.15, 0.2) is 46.1 Å². The molecule has 146 valence electrons. The van der Waals surface area contributed by atoms with Crippen LogP contribution in [0.5, 0.6) is 0 Å². The van der Waals surface area contributed by atoms with Crippen molar-refractivity contribution in [1.82, 2.24) is 10.2 Å². The van der Waals surface area contributed by atoms with Gasteiger partial charge >= 0.3 is 0 Å². The van der Waals surface area contributed by atoms with Crippen LogP contribution in [-0.2, 0) is 17.6 Å². The van der Waals surface area contributed by atoms with Gasteiger partial charge in [0.2, 0.25) is 11.0 Å². The van der Waals surface area contributed by atoms with Crippen molar-refractivity contribution in [2.45, 2.75) is 42.3 Å². The lowest BCUT2D eigenvalue weighted by Gasteiger charge is -2.25. The Morgan fingerprint density at radius 3 is 3.00 bits per heavy atom. The van der Waals surface area contributed by atoms with E-state index in [1.807, 2.05) is 30.0 Å². The average molecular weight is 431 g/mol. The molecule has 5 nitrogen and oxygen atoms in total. The van der Waals surface area contributed by atoms with Gasteiger partial charge < -0.3 is 10.2 Å². The third-order valence-corrected chi connectivity index (χ3v) is 7.69. The van der Waals surface area contributed by atoms with Crippen molar-refractivity contribution in [1.29, 1.82) is 0 Å². The zero-order valence-electron chi connectivity index (χ0n) is 15.8. The Morgan fingerprint density at radius 2 is 2.18 bits per heavy atom. The molecule has 1 N–H and O–H groups in total. The maximum Gasteiger partial charge on any atom is 0.240 e. The molecule has 1 aliphatic rings. The standard InChI is InChI=1S/C20H22N4OS3/c1-13-12-15-6-3-4-8-17(15)24(13)18(25)14(2)27-20-23-22-19(28-20)21-10-9-16-7-5-11-26-16/h3-8,11,13-14H,9-10,12H2,1-2H3,(H,21,22). The molecule has 3 heterocycles. The van der Waals surface area contributed by atoms with Crippen LogP contribution < -0.4 is 10.2 Å². The van der Waals surface area contributed by atoms with Crippen LogP contribution in [0, 0.1) is 0 Å². The second-order valence-corrected chi connectivity index (χ2v) is 10.4. The Kier molecular flexibility index (Phi) is 5.99. The Balaban J connectivity index is 1.34. The summed E-state index contributed by atoms with van der Waals surface area (Å²) in [7, 11) is 0. The second-order valence-electron chi connectivity index (χ2n) is 6.78. The quantitative estimate of drug-likeness (QED) is 0.550. The van der Waals surface area contributed by atoms with Crippen molar-refractivity contribution in [3.8, 4) is 0 Å². The van der Waals surface area contributed by atoms with E-state index < -0.39 is 0 Å². The first-order chi connectivity index (χ1) is 13.6. The average Bonchev–Trinajstić information content (AvgIpc) is 3.41. The van der Waals surface area contributed by atoms with Crippen LogP contribution >= 0.6 is 34.4 Å². The molecule has 0 aliphatic carbocycles. The van der Waals surface area contributed by atoms with E-state index in [1.54, 1.807) is 11.3 Å². The number of thiophene rings is 1. The number of hydrogen-bond acceptors (Lipinski definition) is 7. The number of nitrogens with zero attached hydrogens (tertiary/aromatic N) is 3. The Morgan fingerprint density at radius 1 is 1.32 bits per heavy atom. The van der Waals surface area contributed by atoms with Crippen LogP contribution in [0.2, 0.25) is 0 Å². The molecule has 8 heteroatoms. The number of para-hydroxylation sites is 1. The van der Waals surface area contributed by atoms with Gasteiger partial charge in [-0.05, 0) is 49.8 Å². The van der Waals surface area contributed by atoms with E-state index in [-0.39, 0.29) is 17.2 Å². The highest BCUT2D eigenvalue weighted by molar-refractivity contribution is 8.02. The molecule has 0 saturated carbocycles. The number of benzene rings is 1. The fourth-order valence-electron chi connectivity index (χ4n) is 3.38. The Hall–Kier alpha value is -1.90. The minimum absolute atomic E-state index is 0.129. The monoisotopic (exact) mass is 430 g/mol. The highest BCUT2D eigenvalue weighted by Crippen LogP contribution is 2.35. The van der Waals surface area contributed by atoms with Crippen molar-refractivity contribution in [2.24, 2.45) is 0 Å². The molecule has 0 bridgehead atoms. The van der Waals surface area contributed by atoms with Crippen molar-refractivity contribution in [2.75, 3.05) is 16.8 Å². The first-order valence-corrected chi connectivity index (χ1v) is 11.9. The van der Waals surface area contributed by atoms with Gasteiger partial charge in [0, 0.05) is 23.2 Å². The molecule has 0 saturated heterocycles. The summed E-state index contributed by atoms with van der Waals surface area (Å²) in [4.78, 5) is 16.4. The molecule has 1 amide bonds. The number of fused-ring (bicyclic) bond motifs is 1. The van der Waals surface area contributed by atoms with E-state index in [2.05, 4.69) is 46.0 Å². The lowest BCUT2D eigenvalue weighted by Crippen LogP contribution is -2.40. The van der Waals surface area contributed by atoms with Gasteiger partial charge in [-0.2, -0.15) is 0 Å². The SMILES string of the molecule is CC(Sc1nnc(NCCc2cccs2)s1)C(=O)N1c2ccccc2CC1C. The largest absolute Gasteiger partial charge is 0.360 e. The molecule has 3 aromatic rings. The fraction of sp³-hybridized carbons (Fsp3) is 0.350. The highest BCUT2D eigenvalue weighted by Gasteiger charge is 2.33. The number of aromatic nitrogens is 2. The second kappa shape index (κ2) is 8.63. The summed E-state index contributed by atoms with van der Waals surface area (Å²) in [5.74, 6) is 0.129. The van der Waals surface area contributed by atoms with Crippen LogP contribution in [-0.4, -0.2) is 33.9 Å². The van der Waals surface area contributed by atoms with Gasteiger partial charge in [0.25, 0.3) is 0 Å². The van der Waals surface area contributed by atoms with E-state index in [0.29, 0.717) is 0 Å². The molecule has 0 radical (unpaired) electrons. The van der Waals surface area contributed by atoms with Crippen LogP contribution in [0.4, 0.5) is 10.8 Å². The zero-order chi connectivity index (χ0) is 19.5. The first kappa shape index (κ1) is 19.4. The molecule has 0 fully saturated rings. The van der Waals surface area contributed by atoms with Crippen LogP contribution in [0.25, 0.3) is 0 Å². The maximum atomic E-state index is 13.1.